The number of halogens is 1. The zero-order chi connectivity index (χ0) is 14.1. The van der Waals surface area contributed by atoms with Crippen molar-refractivity contribution < 1.29 is 4.74 Å². The number of hydrogen-bond acceptors (Lipinski definition) is 4. The summed E-state index contributed by atoms with van der Waals surface area (Å²) in [7, 11) is 0. The fourth-order valence-corrected chi connectivity index (χ4v) is 2.68. The SMILES string of the molecule is C#CCn1c(=O)n(C2CCOCC2)c2nc(Cl)ncc21. The molecule has 20 heavy (non-hydrogen) atoms. The lowest BCUT2D eigenvalue weighted by molar-refractivity contribution is 0.0695. The molecule has 1 saturated heterocycles. The molecule has 0 radical (unpaired) electrons. The molecule has 3 heterocycles. The fraction of sp³-hybridized carbons (Fsp3) is 0.462. The van der Waals surface area contributed by atoms with Gasteiger partial charge in [0, 0.05) is 19.3 Å². The van der Waals surface area contributed by atoms with Crippen LogP contribution in [0, 0.1) is 12.3 Å². The molecule has 1 aliphatic rings. The van der Waals surface area contributed by atoms with Crippen molar-refractivity contribution in [2.24, 2.45) is 0 Å². The molecule has 2 aromatic heterocycles. The van der Waals surface area contributed by atoms with Crippen LogP contribution >= 0.6 is 11.6 Å². The van der Waals surface area contributed by atoms with Gasteiger partial charge in [-0.2, -0.15) is 4.98 Å². The first-order valence-corrected chi connectivity index (χ1v) is 6.74. The Morgan fingerprint density at radius 2 is 2.25 bits per heavy atom. The third-order valence-corrected chi connectivity index (χ3v) is 3.66. The topological polar surface area (TPSA) is 61.9 Å². The summed E-state index contributed by atoms with van der Waals surface area (Å²) in [5.41, 5.74) is 0.988. The van der Waals surface area contributed by atoms with Crippen molar-refractivity contribution in [3.63, 3.8) is 0 Å². The van der Waals surface area contributed by atoms with Crippen molar-refractivity contribution in [2.45, 2.75) is 25.4 Å². The van der Waals surface area contributed by atoms with Crippen LogP contribution in [0.5, 0.6) is 0 Å². The van der Waals surface area contributed by atoms with E-state index in [-0.39, 0.29) is 23.6 Å². The summed E-state index contributed by atoms with van der Waals surface area (Å²) in [6.07, 6.45) is 8.42. The van der Waals surface area contributed by atoms with Crippen molar-refractivity contribution in [3.8, 4) is 12.3 Å². The minimum absolute atomic E-state index is 0.0590. The molecular formula is C13H13ClN4O2. The van der Waals surface area contributed by atoms with Crippen molar-refractivity contribution >= 4 is 22.8 Å². The number of rotatable bonds is 2. The minimum atomic E-state index is -0.165. The zero-order valence-corrected chi connectivity index (χ0v) is 11.5. The van der Waals surface area contributed by atoms with Crippen LogP contribution in [0.4, 0.5) is 0 Å². The van der Waals surface area contributed by atoms with E-state index in [9.17, 15) is 4.79 Å². The van der Waals surface area contributed by atoms with Gasteiger partial charge in [0.1, 0.15) is 5.52 Å². The van der Waals surface area contributed by atoms with Crippen LogP contribution in [0.15, 0.2) is 11.0 Å². The number of fused-ring (bicyclic) bond motifs is 1. The zero-order valence-electron chi connectivity index (χ0n) is 10.8. The Hall–Kier alpha value is -1.84. The van der Waals surface area contributed by atoms with Gasteiger partial charge in [0.05, 0.1) is 12.7 Å². The molecule has 0 aromatic carbocycles. The normalized spacial score (nSPS) is 16.4. The molecule has 0 aliphatic carbocycles. The van der Waals surface area contributed by atoms with Crippen LogP contribution in [0.2, 0.25) is 5.28 Å². The van der Waals surface area contributed by atoms with E-state index >= 15 is 0 Å². The van der Waals surface area contributed by atoms with Gasteiger partial charge < -0.3 is 4.74 Å². The summed E-state index contributed by atoms with van der Waals surface area (Å²) in [5, 5.41) is 0.121. The minimum Gasteiger partial charge on any atom is -0.381 e. The van der Waals surface area contributed by atoms with E-state index in [2.05, 4.69) is 15.9 Å². The summed E-state index contributed by atoms with van der Waals surface area (Å²) in [4.78, 5) is 20.7. The molecule has 3 rings (SSSR count). The highest BCUT2D eigenvalue weighted by Crippen LogP contribution is 2.23. The number of imidazole rings is 1. The molecule has 0 atom stereocenters. The molecule has 0 spiro atoms. The Balaban J connectivity index is 2.24. The third kappa shape index (κ3) is 2.09. The Morgan fingerprint density at radius 1 is 1.50 bits per heavy atom. The number of aromatic nitrogens is 4. The molecule has 1 aliphatic heterocycles. The number of ether oxygens (including phenoxy) is 1. The molecule has 0 amide bonds. The summed E-state index contributed by atoms with van der Waals surface area (Å²) >= 11 is 5.86. The average Bonchev–Trinajstić information content (AvgIpc) is 2.72. The van der Waals surface area contributed by atoms with Gasteiger partial charge in [0.25, 0.3) is 0 Å². The molecule has 0 saturated carbocycles. The lowest BCUT2D eigenvalue weighted by atomic mass is 10.1. The maximum atomic E-state index is 12.6. The van der Waals surface area contributed by atoms with E-state index in [1.165, 1.54) is 4.57 Å². The Labute approximate surface area is 120 Å². The average molecular weight is 293 g/mol. The van der Waals surface area contributed by atoms with Crippen LogP contribution in [0.25, 0.3) is 11.2 Å². The number of terminal acetylenes is 1. The van der Waals surface area contributed by atoms with Gasteiger partial charge in [-0.15, -0.1) is 6.42 Å². The molecule has 2 aromatic rings. The second kappa shape index (κ2) is 5.27. The van der Waals surface area contributed by atoms with Gasteiger partial charge in [-0.05, 0) is 24.4 Å². The fourth-order valence-electron chi connectivity index (χ4n) is 2.55. The van der Waals surface area contributed by atoms with E-state index in [0.717, 1.165) is 12.8 Å². The predicted octanol–water partition coefficient (Wildman–Crippen LogP) is 1.23. The van der Waals surface area contributed by atoms with Crippen molar-refractivity contribution in [2.75, 3.05) is 13.2 Å². The standard InChI is InChI=1S/C13H13ClN4O2/c1-2-5-17-10-8-15-12(14)16-11(10)18(13(17)19)9-3-6-20-7-4-9/h1,8-9H,3-7H2. The van der Waals surface area contributed by atoms with E-state index in [4.69, 9.17) is 22.8 Å². The van der Waals surface area contributed by atoms with Crippen LogP contribution in [-0.2, 0) is 11.3 Å². The second-order valence-corrected chi connectivity index (χ2v) is 4.97. The van der Waals surface area contributed by atoms with Crippen LogP contribution < -0.4 is 5.69 Å². The molecule has 1 fully saturated rings. The van der Waals surface area contributed by atoms with E-state index in [1.807, 2.05) is 0 Å². The second-order valence-electron chi connectivity index (χ2n) is 4.63. The molecule has 0 bridgehead atoms. The van der Waals surface area contributed by atoms with Crippen molar-refractivity contribution in [1.82, 2.24) is 19.1 Å². The first-order valence-electron chi connectivity index (χ1n) is 6.37. The monoisotopic (exact) mass is 292 g/mol. The molecule has 0 N–H and O–H groups in total. The molecule has 104 valence electrons. The molecule has 7 heteroatoms. The largest absolute Gasteiger partial charge is 0.381 e. The van der Waals surface area contributed by atoms with Gasteiger partial charge in [-0.3, -0.25) is 9.13 Å². The van der Waals surface area contributed by atoms with Crippen LogP contribution in [-0.4, -0.2) is 32.3 Å². The maximum absolute atomic E-state index is 12.6. The van der Waals surface area contributed by atoms with Gasteiger partial charge >= 0.3 is 5.69 Å². The lowest BCUT2D eigenvalue weighted by Gasteiger charge is -2.22. The Bertz CT molecular complexity index is 737. The first-order chi connectivity index (χ1) is 9.72. The lowest BCUT2D eigenvalue weighted by Crippen LogP contribution is -2.30. The van der Waals surface area contributed by atoms with E-state index in [1.54, 1.807) is 10.8 Å². The Kier molecular flexibility index (Phi) is 3.47. The summed E-state index contributed by atoms with van der Waals surface area (Å²) in [5.74, 6) is 2.48. The quantitative estimate of drug-likeness (QED) is 0.617. The summed E-state index contributed by atoms with van der Waals surface area (Å²) < 4.78 is 8.51. The summed E-state index contributed by atoms with van der Waals surface area (Å²) in [6, 6.07) is 0.0590. The van der Waals surface area contributed by atoms with E-state index < -0.39 is 0 Å². The highest BCUT2D eigenvalue weighted by molar-refractivity contribution is 6.28. The number of nitrogens with zero attached hydrogens (tertiary/aromatic N) is 4. The Morgan fingerprint density at radius 3 is 2.95 bits per heavy atom. The molecule has 6 nitrogen and oxygen atoms in total. The highest BCUT2D eigenvalue weighted by Gasteiger charge is 2.23. The predicted molar refractivity (Wildman–Crippen MR) is 74.7 cm³/mol. The van der Waals surface area contributed by atoms with Gasteiger partial charge in [-0.1, -0.05) is 5.92 Å². The highest BCUT2D eigenvalue weighted by atomic mass is 35.5. The smallest absolute Gasteiger partial charge is 0.331 e. The van der Waals surface area contributed by atoms with Crippen LogP contribution in [0.1, 0.15) is 18.9 Å². The van der Waals surface area contributed by atoms with Gasteiger partial charge in [-0.25, -0.2) is 9.78 Å². The number of hydrogen-bond donors (Lipinski definition) is 0. The van der Waals surface area contributed by atoms with E-state index in [0.29, 0.717) is 24.4 Å². The molecule has 0 unspecified atom stereocenters. The first kappa shape index (κ1) is 13.2. The maximum Gasteiger partial charge on any atom is 0.331 e. The molecular weight excluding hydrogens is 280 g/mol. The van der Waals surface area contributed by atoms with Crippen molar-refractivity contribution in [1.29, 1.82) is 0 Å². The summed E-state index contributed by atoms with van der Waals surface area (Å²) in [6.45, 7) is 1.46. The third-order valence-electron chi connectivity index (χ3n) is 3.48. The van der Waals surface area contributed by atoms with Crippen LogP contribution in [0.3, 0.4) is 0 Å². The van der Waals surface area contributed by atoms with Crippen molar-refractivity contribution in [3.05, 3.63) is 22.0 Å². The van der Waals surface area contributed by atoms with Gasteiger partial charge in [0.2, 0.25) is 5.28 Å². The van der Waals surface area contributed by atoms with Gasteiger partial charge in [0.15, 0.2) is 5.65 Å².